The molecule has 130 valence electrons. The molecule has 7 heteroatoms. The first-order valence-electron chi connectivity index (χ1n) is 7.92. The second-order valence-corrected chi connectivity index (χ2v) is 9.63. The average Bonchev–Trinajstić information content (AvgIpc) is 2.98. The van der Waals surface area contributed by atoms with Crippen LogP contribution in [0.25, 0.3) is 0 Å². The zero-order valence-corrected chi connectivity index (χ0v) is 15.0. The average molecular weight is 342 g/mol. The summed E-state index contributed by atoms with van der Waals surface area (Å²) in [5, 5.41) is 5.12. The summed E-state index contributed by atoms with van der Waals surface area (Å²) in [5.41, 5.74) is -0.235. The topological polar surface area (TPSA) is 88.4 Å². The fourth-order valence-electron chi connectivity index (χ4n) is 2.80. The summed E-state index contributed by atoms with van der Waals surface area (Å²) in [6, 6.07) is 3.04. The number of rotatable bonds is 4. The number of carbonyl (C=O) groups is 1. The predicted molar refractivity (Wildman–Crippen MR) is 89.0 cm³/mol. The van der Waals surface area contributed by atoms with Gasteiger partial charge in [0.1, 0.15) is 11.5 Å². The third-order valence-corrected chi connectivity index (χ3v) is 6.42. The van der Waals surface area contributed by atoms with E-state index in [9.17, 15) is 13.2 Å². The standard InChI is InChI=1S/C16H26N2O4S/c1-11-7-8-13(22-11)14(16(2,3)4)18-15(19)17-10-12-6-5-9-23(12,20)21/h7-8,12,14H,5-6,9-10H2,1-4H3,(H2,17,18,19)/t12-,14-/m0/s1. The zero-order chi connectivity index (χ0) is 17.3. The van der Waals surface area contributed by atoms with Gasteiger partial charge >= 0.3 is 6.03 Å². The van der Waals surface area contributed by atoms with Crippen LogP contribution >= 0.6 is 0 Å². The van der Waals surface area contributed by atoms with Crippen molar-refractivity contribution < 1.29 is 17.6 Å². The Balaban J connectivity index is 1.98. The summed E-state index contributed by atoms with van der Waals surface area (Å²) in [6.45, 7) is 8.04. The fourth-order valence-corrected chi connectivity index (χ4v) is 4.56. The van der Waals surface area contributed by atoms with E-state index in [2.05, 4.69) is 10.6 Å². The third kappa shape index (κ3) is 4.50. The van der Waals surface area contributed by atoms with Crippen LogP contribution in [0.2, 0.25) is 0 Å². The quantitative estimate of drug-likeness (QED) is 0.880. The van der Waals surface area contributed by atoms with Gasteiger partial charge in [0.2, 0.25) is 0 Å². The fraction of sp³-hybridized carbons (Fsp3) is 0.688. The van der Waals surface area contributed by atoms with E-state index in [4.69, 9.17) is 4.42 Å². The van der Waals surface area contributed by atoms with E-state index in [1.54, 1.807) is 0 Å². The summed E-state index contributed by atoms with van der Waals surface area (Å²) in [4.78, 5) is 12.2. The minimum atomic E-state index is -3.05. The Morgan fingerprint density at radius 1 is 1.39 bits per heavy atom. The number of amides is 2. The number of furan rings is 1. The number of nitrogens with one attached hydrogen (secondary N) is 2. The van der Waals surface area contributed by atoms with E-state index < -0.39 is 15.1 Å². The minimum absolute atomic E-state index is 0.155. The molecule has 0 aromatic carbocycles. The lowest BCUT2D eigenvalue weighted by Crippen LogP contribution is -2.45. The molecular weight excluding hydrogens is 316 g/mol. The lowest BCUT2D eigenvalue weighted by atomic mass is 9.85. The second-order valence-electron chi connectivity index (χ2n) is 7.23. The zero-order valence-electron chi connectivity index (χ0n) is 14.2. The highest BCUT2D eigenvalue weighted by molar-refractivity contribution is 7.92. The Morgan fingerprint density at radius 3 is 2.57 bits per heavy atom. The van der Waals surface area contributed by atoms with Crippen molar-refractivity contribution in [1.82, 2.24) is 10.6 Å². The number of sulfone groups is 1. The van der Waals surface area contributed by atoms with Gasteiger partial charge in [0.15, 0.2) is 9.84 Å². The van der Waals surface area contributed by atoms with E-state index >= 15 is 0 Å². The molecule has 2 heterocycles. The molecule has 23 heavy (non-hydrogen) atoms. The lowest BCUT2D eigenvalue weighted by Gasteiger charge is -2.30. The second kappa shape index (κ2) is 6.55. The predicted octanol–water partition coefficient (Wildman–Crippen LogP) is 2.55. The molecule has 2 amide bonds. The number of hydrogen-bond acceptors (Lipinski definition) is 4. The van der Waals surface area contributed by atoms with Crippen LogP contribution in [0, 0.1) is 12.3 Å². The van der Waals surface area contributed by atoms with E-state index in [-0.39, 0.29) is 29.8 Å². The molecule has 2 N–H and O–H groups in total. The van der Waals surface area contributed by atoms with Crippen LogP contribution in [0.15, 0.2) is 16.5 Å². The van der Waals surface area contributed by atoms with Gasteiger partial charge in [-0.15, -0.1) is 0 Å². The summed E-state index contributed by atoms with van der Waals surface area (Å²) in [7, 11) is -3.05. The summed E-state index contributed by atoms with van der Waals surface area (Å²) in [6.07, 6.45) is 1.29. The first kappa shape index (κ1) is 17.8. The molecule has 1 fully saturated rings. The molecular formula is C16H26N2O4S. The Kier molecular flexibility index (Phi) is 5.08. The molecule has 0 saturated carbocycles. The van der Waals surface area contributed by atoms with Crippen molar-refractivity contribution in [3.8, 4) is 0 Å². The SMILES string of the molecule is Cc1ccc([C@H](NC(=O)NC[C@@H]2CCCS2(=O)=O)C(C)(C)C)o1. The number of carbonyl (C=O) groups excluding carboxylic acids is 1. The molecule has 1 aromatic rings. The molecule has 2 atom stereocenters. The molecule has 1 saturated heterocycles. The molecule has 1 aromatic heterocycles. The Labute approximate surface area is 137 Å². The number of aryl methyl sites for hydroxylation is 1. The van der Waals surface area contributed by atoms with Crippen molar-refractivity contribution in [2.75, 3.05) is 12.3 Å². The Bertz CT molecular complexity index is 658. The van der Waals surface area contributed by atoms with E-state index in [1.165, 1.54) is 0 Å². The monoisotopic (exact) mass is 342 g/mol. The molecule has 0 radical (unpaired) electrons. The third-order valence-electron chi connectivity index (χ3n) is 4.14. The van der Waals surface area contributed by atoms with Crippen LogP contribution in [0.3, 0.4) is 0 Å². The Hall–Kier alpha value is -1.50. The van der Waals surface area contributed by atoms with Crippen molar-refractivity contribution in [1.29, 1.82) is 0 Å². The van der Waals surface area contributed by atoms with Crippen molar-refractivity contribution >= 4 is 15.9 Å². The highest BCUT2D eigenvalue weighted by atomic mass is 32.2. The van der Waals surface area contributed by atoms with Crippen LogP contribution in [0.4, 0.5) is 4.79 Å². The highest BCUT2D eigenvalue weighted by Gasteiger charge is 2.33. The first-order chi connectivity index (χ1) is 10.6. The van der Waals surface area contributed by atoms with Gasteiger partial charge in [-0.3, -0.25) is 0 Å². The minimum Gasteiger partial charge on any atom is -0.464 e. The number of hydrogen-bond donors (Lipinski definition) is 2. The maximum Gasteiger partial charge on any atom is 0.315 e. The van der Waals surface area contributed by atoms with E-state index in [0.29, 0.717) is 18.6 Å². The van der Waals surface area contributed by atoms with Gasteiger partial charge in [0, 0.05) is 6.54 Å². The van der Waals surface area contributed by atoms with Gasteiger partial charge in [-0.2, -0.15) is 0 Å². The first-order valence-corrected chi connectivity index (χ1v) is 9.63. The molecule has 6 nitrogen and oxygen atoms in total. The van der Waals surface area contributed by atoms with Crippen molar-refractivity contribution in [2.45, 2.75) is 51.8 Å². The van der Waals surface area contributed by atoms with Gasteiger partial charge in [0.25, 0.3) is 0 Å². The lowest BCUT2D eigenvalue weighted by molar-refractivity contribution is 0.206. The number of urea groups is 1. The van der Waals surface area contributed by atoms with Crippen LogP contribution in [0.1, 0.15) is 51.2 Å². The molecule has 0 spiro atoms. The van der Waals surface area contributed by atoms with Gasteiger partial charge in [-0.1, -0.05) is 20.8 Å². The molecule has 1 aliphatic rings. The summed E-state index contributed by atoms with van der Waals surface area (Å²) >= 11 is 0. The largest absolute Gasteiger partial charge is 0.464 e. The van der Waals surface area contributed by atoms with Gasteiger partial charge in [0.05, 0.1) is 17.0 Å². The molecule has 0 bridgehead atoms. The van der Waals surface area contributed by atoms with Gasteiger partial charge < -0.3 is 15.1 Å². The van der Waals surface area contributed by atoms with E-state index in [1.807, 2.05) is 39.8 Å². The van der Waals surface area contributed by atoms with Crippen LogP contribution < -0.4 is 10.6 Å². The van der Waals surface area contributed by atoms with Crippen LogP contribution in [0.5, 0.6) is 0 Å². The van der Waals surface area contributed by atoms with Gasteiger partial charge in [-0.05, 0) is 37.3 Å². The summed E-state index contributed by atoms with van der Waals surface area (Å²) < 4.78 is 29.2. The summed E-state index contributed by atoms with van der Waals surface area (Å²) in [5.74, 6) is 1.70. The Morgan fingerprint density at radius 2 is 2.09 bits per heavy atom. The maximum atomic E-state index is 12.2. The van der Waals surface area contributed by atoms with Crippen LogP contribution in [-0.2, 0) is 9.84 Å². The van der Waals surface area contributed by atoms with Crippen molar-refractivity contribution in [2.24, 2.45) is 5.41 Å². The van der Waals surface area contributed by atoms with Crippen LogP contribution in [-0.4, -0.2) is 32.0 Å². The highest BCUT2D eigenvalue weighted by Crippen LogP contribution is 2.33. The molecule has 0 aliphatic carbocycles. The van der Waals surface area contributed by atoms with Gasteiger partial charge in [-0.25, -0.2) is 13.2 Å². The molecule has 0 unspecified atom stereocenters. The van der Waals surface area contributed by atoms with Crippen molar-refractivity contribution in [3.05, 3.63) is 23.7 Å². The maximum absolute atomic E-state index is 12.2. The molecule has 2 rings (SSSR count). The molecule has 1 aliphatic heterocycles. The smallest absolute Gasteiger partial charge is 0.315 e. The normalized spacial score (nSPS) is 21.8. The van der Waals surface area contributed by atoms with Crippen molar-refractivity contribution in [3.63, 3.8) is 0 Å². The van der Waals surface area contributed by atoms with E-state index in [0.717, 1.165) is 5.76 Å².